The zero-order valence-corrected chi connectivity index (χ0v) is 15.1. The number of ether oxygens (including phenoxy) is 1. The number of hydrogen-bond donors (Lipinski definition) is 1. The Balaban J connectivity index is 2.06. The second-order valence-corrected chi connectivity index (χ2v) is 6.27. The highest BCUT2D eigenvalue weighted by atomic mass is 19.1. The number of halogens is 1. The van der Waals surface area contributed by atoms with Crippen molar-refractivity contribution in [2.24, 2.45) is 0 Å². The number of rotatable bonds is 7. The molecule has 1 N–H and O–H groups in total. The van der Waals surface area contributed by atoms with Gasteiger partial charge in [0.2, 0.25) is 5.78 Å². The van der Waals surface area contributed by atoms with E-state index in [1.54, 1.807) is 19.1 Å². The molecule has 0 saturated heterocycles. The molecule has 0 saturated carbocycles. The summed E-state index contributed by atoms with van der Waals surface area (Å²) in [6.45, 7) is 2.26. The third-order valence-corrected chi connectivity index (χ3v) is 4.46. The van der Waals surface area contributed by atoms with Gasteiger partial charge >= 0.3 is 0 Å². The molecule has 3 rings (SSSR count). The molecule has 142 valence electrons. The van der Waals surface area contributed by atoms with Gasteiger partial charge in [0.05, 0.1) is 11.6 Å². The van der Waals surface area contributed by atoms with E-state index in [4.69, 9.17) is 9.15 Å². The summed E-state index contributed by atoms with van der Waals surface area (Å²) in [5.74, 6) is -2.10. The lowest BCUT2D eigenvalue weighted by atomic mass is 9.94. The predicted molar refractivity (Wildman–Crippen MR) is 94.8 cm³/mol. The highest BCUT2D eigenvalue weighted by molar-refractivity contribution is 6.15. The molecule has 1 amide bonds. The average molecular weight is 373 g/mol. The fourth-order valence-electron chi connectivity index (χ4n) is 3.20. The number of methoxy groups -OCH3 is 1. The van der Waals surface area contributed by atoms with Gasteiger partial charge in [-0.1, -0.05) is 18.2 Å². The first-order chi connectivity index (χ1) is 13.0. The third-order valence-electron chi connectivity index (χ3n) is 4.46. The Morgan fingerprint density at radius 2 is 2.04 bits per heavy atom. The first-order valence-electron chi connectivity index (χ1n) is 8.54. The van der Waals surface area contributed by atoms with E-state index in [-0.39, 0.29) is 23.4 Å². The van der Waals surface area contributed by atoms with Crippen molar-refractivity contribution in [3.63, 3.8) is 0 Å². The number of Topliss-reactive ketones (excluding diaryl/α,β-unsaturated/α-hetero) is 1. The Morgan fingerprint density at radius 3 is 2.67 bits per heavy atom. The van der Waals surface area contributed by atoms with E-state index in [0.29, 0.717) is 18.8 Å². The Hall–Kier alpha value is -2.93. The monoisotopic (exact) mass is 373 g/mol. The number of nitrogens with zero attached hydrogens (tertiary/aromatic N) is 1. The average Bonchev–Trinajstić information content (AvgIpc) is 3.19. The summed E-state index contributed by atoms with van der Waals surface area (Å²) < 4.78 is 24.9. The molecule has 2 aromatic rings. The first kappa shape index (κ1) is 18.8. The molecule has 6 nitrogen and oxygen atoms in total. The normalized spacial score (nSPS) is 17.1. The highest BCUT2D eigenvalue weighted by Crippen LogP contribution is 2.40. The Bertz CT molecular complexity index is 901. The van der Waals surface area contributed by atoms with Gasteiger partial charge < -0.3 is 19.2 Å². The molecule has 1 atom stereocenters. The summed E-state index contributed by atoms with van der Waals surface area (Å²) in [7, 11) is 1.53. The van der Waals surface area contributed by atoms with Crippen molar-refractivity contribution < 1.29 is 28.2 Å². The summed E-state index contributed by atoms with van der Waals surface area (Å²) in [5.41, 5.74) is -0.0455. The molecule has 1 aliphatic heterocycles. The van der Waals surface area contributed by atoms with Crippen LogP contribution >= 0.6 is 0 Å². The number of carbonyl (C=O) groups excluding carboxylic acids is 2. The van der Waals surface area contributed by atoms with E-state index in [0.717, 1.165) is 0 Å². The van der Waals surface area contributed by atoms with Crippen molar-refractivity contribution in [1.82, 2.24) is 4.90 Å². The number of aryl methyl sites for hydroxylation is 1. The molecule has 7 heteroatoms. The van der Waals surface area contributed by atoms with Gasteiger partial charge in [0.1, 0.15) is 11.6 Å². The summed E-state index contributed by atoms with van der Waals surface area (Å²) in [5, 5.41) is 10.4. The second-order valence-electron chi connectivity index (χ2n) is 6.27. The maximum atomic E-state index is 14.5. The minimum absolute atomic E-state index is 0.0121. The molecule has 1 aromatic heterocycles. The molecule has 0 unspecified atom stereocenters. The zero-order chi connectivity index (χ0) is 19.6. The van der Waals surface area contributed by atoms with Crippen molar-refractivity contribution in [1.29, 1.82) is 0 Å². The van der Waals surface area contributed by atoms with E-state index in [2.05, 4.69) is 0 Å². The molecular weight excluding hydrogens is 353 g/mol. The van der Waals surface area contributed by atoms with Crippen LogP contribution in [0, 0.1) is 12.7 Å². The summed E-state index contributed by atoms with van der Waals surface area (Å²) in [6.07, 6.45) is 0.474. The number of aliphatic hydroxyl groups excluding tert-OH is 1. The van der Waals surface area contributed by atoms with Gasteiger partial charge in [-0.2, -0.15) is 0 Å². The molecule has 0 bridgehead atoms. The topological polar surface area (TPSA) is 80.0 Å². The largest absolute Gasteiger partial charge is 0.503 e. The van der Waals surface area contributed by atoms with Gasteiger partial charge in [-0.25, -0.2) is 4.39 Å². The van der Waals surface area contributed by atoms with Crippen LogP contribution in [-0.2, 0) is 9.53 Å². The number of furan rings is 1. The van der Waals surface area contributed by atoms with Crippen LogP contribution in [0.2, 0.25) is 0 Å². The summed E-state index contributed by atoms with van der Waals surface area (Å²) >= 11 is 0. The van der Waals surface area contributed by atoms with E-state index in [1.165, 1.54) is 36.3 Å². The van der Waals surface area contributed by atoms with Crippen LogP contribution in [0.25, 0.3) is 0 Å². The molecule has 1 aliphatic rings. The minimum atomic E-state index is -1.03. The number of carbonyl (C=O) groups is 2. The van der Waals surface area contributed by atoms with Gasteiger partial charge in [-0.3, -0.25) is 9.59 Å². The third kappa shape index (κ3) is 3.50. The Labute approximate surface area is 155 Å². The summed E-state index contributed by atoms with van der Waals surface area (Å²) in [6, 6.07) is 7.92. The van der Waals surface area contributed by atoms with Gasteiger partial charge in [0.25, 0.3) is 5.91 Å². The van der Waals surface area contributed by atoms with Crippen LogP contribution < -0.4 is 0 Å². The van der Waals surface area contributed by atoms with Gasteiger partial charge in [-0.15, -0.1) is 0 Å². The zero-order valence-electron chi connectivity index (χ0n) is 15.1. The van der Waals surface area contributed by atoms with Crippen molar-refractivity contribution in [2.75, 3.05) is 20.3 Å². The molecule has 0 fully saturated rings. The lowest BCUT2D eigenvalue weighted by Gasteiger charge is -2.26. The van der Waals surface area contributed by atoms with E-state index in [1.807, 2.05) is 0 Å². The number of aliphatic hydroxyl groups is 1. The van der Waals surface area contributed by atoms with Crippen molar-refractivity contribution in [3.05, 3.63) is 70.6 Å². The number of hydrogen-bond acceptors (Lipinski definition) is 5. The van der Waals surface area contributed by atoms with Crippen LogP contribution in [0.5, 0.6) is 0 Å². The lowest BCUT2D eigenvalue weighted by molar-refractivity contribution is -0.129. The fraction of sp³-hybridized carbons (Fsp3) is 0.300. The van der Waals surface area contributed by atoms with Crippen LogP contribution in [0.3, 0.4) is 0 Å². The molecular formula is C20H20FNO5. The predicted octanol–water partition coefficient (Wildman–Crippen LogP) is 3.34. The number of benzene rings is 1. The maximum Gasteiger partial charge on any atom is 0.290 e. The molecule has 0 radical (unpaired) electrons. The fourth-order valence-corrected chi connectivity index (χ4v) is 3.20. The molecule has 1 aromatic carbocycles. The highest BCUT2D eigenvalue weighted by Gasteiger charge is 2.45. The van der Waals surface area contributed by atoms with Crippen molar-refractivity contribution in [2.45, 2.75) is 19.4 Å². The Morgan fingerprint density at radius 1 is 1.30 bits per heavy atom. The second kappa shape index (κ2) is 7.75. The van der Waals surface area contributed by atoms with E-state index in [9.17, 15) is 19.1 Å². The SMILES string of the molecule is COCCCN1C(=O)C(O)=C(C(=O)c2ccc(C)o2)[C@@H]1c1ccccc1F. The van der Waals surface area contributed by atoms with Crippen molar-refractivity contribution in [3.8, 4) is 0 Å². The molecule has 0 aliphatic carbocycles. The number of amides is 1. The number of ketones is 1. The lowest BCUT2D eigenvalue weighted by Crippen LogP contribution is -2.33. The van der Waals surface area contributed by atoms with Crippen LogP contribution in [0.1, 0.15) is 34.3 Å². The van der Waals surface area contributed by atoms with E-state index < -0.39 is 29.3 Å². The smallest absolute Gasteiger partial charge is 0.290 e. The quantitative estimate of drug-likeness (QED) is 0.595. The first-order valence-corrected chi connectivity index (χ1v) is 8.54. The van der Waals surface area contributed by atoms with E-state index >= 15 is 0 Å². The van der Waals surface area contributed by atoms with Crippen molar-refractivity contribution >= 4 is 11.7 Å². The van der Waals surface area contributed by atoms with Crippen LogP contribution in [0.15, 0.2) is 52.1 Å². The Kier molecular flexibility index (Phi) is 5.41. The van der Waals surface area contributed by atoms with Gasteiger partial charge in [0.15, 0.2) is 11.5 Å². The van der Waals surface area contributed by atoms with Crippen LogP contribution in [0.4, 0.5) is 4.39 Å². The molecule has 0 spiro atoms. The van der Waals surface area contributed by atoms with Crippen LogP contribution in [-0.4, -0.2) is 42.0 Å². The maximum absolute atomic E-state index is 14.5. The molecule has 27 heavy (non-hydrogen) atoms. The van der Waals surface area contributed by atoms with Gasteiger partial charge in [-0.05, 0) is 31.5 Å². The minimum Gasteiger partial charge on any atom is -0.503 e. The standard InChI is InChI=1S/C20H20FNO5/c1-12-8-9-15(27-12)18(23)16-17(13-6-3-4-7-14(13)21)22(10-5-11-26-2)20(25)19(16)24/h3-4,6-9,17,24H,5,10-11H2,1-2H3/t17-/m0/s1. The summed E-state index contributed by atoms with van der Waals surface area (Å²) in [4.78, 5) is 26.9. The molecule has 2 heterocycles. The van der Waals surface area contributed by atoms with Gasteiger partial charge in [0, 0.05) is 25.8 Å².